The SMILES string of the molecule is COc1ccc(-c2noc(CN3CCCC(C(=O)NCCN4CCC(C)CC4)C3)n2)cc1OC. The molecule has 1 aromatic carbocycles. The van der Waals surface area contributed by atoms with Gasteiger partial charge in [0.1, 0.15) is 0 Å². The standard InChI is InChI=1S/C25H37N5O4/c1-18-8-12-29(13-9-18)14-10-26-25(31)20-5-4-11-30(16-20)17-23-27-24(28-34-23)19-6-7-21(32-2)22(15-19)33-3/h6-7,15,18,20H,4-5,8-14,16-17H2,1-3H3,(H,26,31). The van der Waals surface area contributed by atoms with E-state index < -0.39 is 0 Å². The van der Waals surface area contributed by atoms with Gasteiger partial charge in [-0.1, -0.05) is 12.1 Å². The number of carbonyl (C=O) groups excluding carboxylic acids is 1. The molecule has 0 saturated carbocycles. The Morgan fingerprint density at radius 2 is 1.91 bits per heavy atom. The zero-order valence-corrected chi connectivity index (χ0v) is 20.6. The van der Waals surface area contributed by atoms with E-state index in [0.29, 0.717) is 36.3 Å². The van der Waals surface area contributed by atoms with E-state index in [1.807, 2.05) is 18.2 Å². The van der Waals surface area contributed by atoms with Crippen LogP contribution in [0, 0.1) is 11.8 Å². The van der Waals surface area contributed by atoms with E-state index >= 15 is 0 Å². The van der Waals surface area contributed by atoms with Crippen LogP contribution in [0.2, 0.25) is 0 Å². The minimum atomic E-state index is 0.00312. The summed E-state index contributed by atoms with van der Waals surface area (Å²) in [6, 6.07) is 5.53. The van der Waals surface area contributed by atoms with Crippen molar-refractivity contribution < 1.29 is 18.8 Å². The second kappa shape index (κ2) is 11.7. The molecule has 2 aliphatic heterocycles. The first-order valence-corrected chi connectivity index (χ1v) is 12.3. The molecule has 1 amide bonds. The van der Waals surface area contributed by atoms with Gasteiger partial charge in [-0.3, -0.25) is 9.69 Å². The average Bonchev–Trinajstić information content (AvgIpc) is 3.33. The number of hydrogen-bond donors (Lipinski definition) is 1. The number of nitrogens with one attached hydrogen (secondary N) is 1. The number of methoxy groups -OCH3 is 2. The van der Waals surface area contributed by atoms with Crippen LogP contribution in [0.15, 0.2) is 22.7 Å². The maximum absolute atomic E-state index is 12.8. The Labute approximate surface area is 201 Å². The van der Waals surface area contributed by atoms with Gasteiger partial charge in [-0.15, -0.1) is 0 Å². The molecule has 3 heterocycles. The molecule has 34 heavy (non-hydrogen) atoms. The molecule has 1 aromatic heterocycles. The van der Waals surface area contributed by atoms with Gasteiger partial charge >= 0.3 is 0 Å². The molecule has 0 radical (unpaired) electrons. The molecule has 0 bridgehead atoms. The zero-order chi connectivity index (χ0) is 23.9. The summed E-state index contributed by atoms with van der Waals surface area (Å²) in [6.45, 7) is 8.44. The monoisotopic (exact) mass is 471 g/mol. The van der Waals surface area contributed by atoms with Gasteiger partial charge in [0, 0.05) is 25.2 Å². The van der Waals surface area contributed by atoms with Crippen LogP contribution < -0.4 is 14.8 Å². The number of rotatable bonds is 9. The fourth-order valence-corrected chi connectivity index (χ4v) is 4.78. The van der Waals surface area contributed by atoms with Crippen LogP contribution in [0.25, 0.3) is 11.4 Å². The third-order valence-corrected chi connectivity index (χ3v) is 6.95. The Hall–Kier alpha value is -2.65. The van der Waals surface area contributed by atoms with Gasteiger partial charge in [-0.05, 0) is 69.4 Å². The molecule has 2 aliphatic rings. The highest BCUT2D eigenvalue weighted by atomic mass is 16.5. The number of amides is 1. The van der Waals surface area contributed by atoms with Crippen molar-refractivity contribution in [1.29, 1.82) is 0 Å². The van der Waals surface area contributed by atoms with E-state index in [1.54, 1.807) is 14.2 Å². The summed E-state index contributed by atoms with van der Waals surface area (Å²) >= 11 is 0. The largest absolute Gasteiger partial charge is 0.493 e. The van der Waals surface area contributed by atoms with Crippen molar-refractivity contribution in [2.24, 2.45) is 11.8 Å². The first kappa shape index (κ1) is 24.5. The lowest BCUT2D eigenvalue weighted by Gasteiger charge is -2.32. The van der Waals surface area contributed by atoms with Gasteiger partial charge in [0.05, 0.1) is 26.7 Å². The van der Waals surface area contributed by atoms with Gasteiger partial charge in [-0.25, -0.2) is 0 Å². The van der Waals surface area contributed by atoms with Crippen molar-refractivity contribution in [1.82, 2.24) is 25.3 Å². The topological polar surface area (TPSA) is 93.0 Å². The molecule has 9 heteroatoms. The van der Waals surface area contributed by atoms with Crippen molar-refractivity contribution in [3.63, 3.8) is 0 Å². The molecule has 1 atom stereocenters. The molecule has 1 unspecified atom stereocenters. The van der Waals surface area contributed by atoms with Crippen LogP contribution in [0.4, 0.5) is 0 Å². The van der Waals surface area contributed by atoms with Crippen LogP contribution in [0.5, 0.6) is 11.5 Å². The van der Waals surface area contributed by atoms with E-state index in [4.69, 9.17) is 14.0 Å². The highest BCUT2D eigenvalue weighted by Crippen LogP contribution is 2.31. The lowest BCUT2D eigenvalue weighted by molar-refractivity contribution is -0.126. The predicted octanol–water partition coefficient (Wildman–Crippen LogP) is 2.81. The summed E-state index contributed by atoms with van der Waals surface area (Å²) in [7, 11) is 3.20. The minimum Gasteiger partial charge on any atom is -0.493 e. The molecule has 2 fully saturated rings. The quantitative estimate of drug-likeness (QED) is 0.597. The van der Waals surface area contributed by atoms with E-state index in [0.717, 1.165) is 57.0 Å². The lowest BCUT2D eigenvalue weighted by Crippen LogP contribution is -2.45. The highest BCUT2D eigenvalue weighted by Gasteiger charge is 2.27. The van der Waals surface area contributed by atoms with Gasteiger partial charge < -0.3 is 24.2 Å². The van der Waals surface area contributed by atoms with Crippen molar-refractivity contribution in [2.75, 3.05) is 53.5 Å². The number of aromatic nitrogens is 2. The lowest BCUT2D eigenvalue weighted by atomic mass is 9.97. The summed E-state index contributed by atoms with van der Waals surface area (Å²) in [4.78, 5) is 22.0. The first-order chi connectivity index (χ1) is 16.6. The van der Waals surface area contributed by atoms with Gasteiger partial charge in [0.25, 0.3) is 0 Å². The average molecular weight is 472 g/mol. The Morgan fingerprint density at radius 3 is 2.68 bits per heavy atom. The molecule has 2 aromatic rings. The van der Waals surface area contributed by atoms with Crippen LogP contribution >= 0.6 is 0 Å². The Balaban J connectivity index is 1.26. The molecule has 4 rings (SSSR count). The van der Waals surface area contributed by atoms with E-state index in [9.17, 15) is 4.79 Å². The molecule has 9 nitrogen and oxygen atoms in total. The normalized spacial score (nSPS) is 20.3. The van der Waals surface area contributed by atoms with E-state index in [-0.39, 0.29) is 11.8 Å². The van der Waals surface area contributed by atoms with Gasteiger partial charge in [0.15, 0.2) is 11.5 Å². The summed E-state index contributed by atoms with van der Waals surface area (Å²) in [5, 5.41) is 7.29. The number of hydrogen-bond acceptors (Lipinski definition) is 8. The molecule has 2 saturated heterocycles. The summed E-state index contributed by atoms with van der Waals surface area (Å²) in [5.74, 6) is 3.31. The van der Waals surface area contributed by atoms with E-state index in [1.165, 1.54) is 12.8 Å². The molecule has 0 aliphatic carbocycles. The van der Waals surface area contributed by atoms with Crippen molar-refractivity contribution in [3.05, 3.63) is 24.1 Å². The van der Waals surface area contributed by atoms with Crippen LogP contribution in [0.1, 0.15) is 38.5 Å². The second-order valence-corrected chi connectivity index (χ2v) is 9.47. The number of ether oxygens (including phenoxy) is 2. The second-order valence-electron chi connectivity index (χ2n) is 9.47. The third-order valence-electron chi connectivity index (χ3n) is 6.95. The van der Waals surface area contributed by atoms with Crippen molar-refractivity contribution >= 4 is 5.91 Å². The minimum absolute atomic E-state index is 0.00312. The molecule has 186 valence electrons. The fraction of sp³-hybridized carbons (Fsp3) is 0.640. The number of nitrogens with zero attached hydrogens (tertiary/aromatic N) is 4. The maximum Gasteiger partial charge on any atom is 0.241 e. The maximum atomic E-state index is 12.8. The van der Waals surface area contributed by atoms with E-state index in [2.05, 4.69) is 32.2 Å². The number of benzene rings is 1. The number of likely N-dealkylation sites (tertiary alicyclic amines) is 2. The van der Waals surface area contributed by atoms with Crippen LogP contribution in [-0.2, 0) is 11.3 Å². The zero-order valence-electron chi connectivity index (χ0n) is 20.6. The van der Waals surface area contributed by atoms with Gasteiger partial charge in [0.2, 0.25) is 17.6 Å². The van der Waals surface area contributed by atoms with Gasteiger partial charge in [-0.2, -0.15) is 4.98 Å². The molecule has 0 spiro atoms. The third kappa shape index (κ3) is 6.27. The van der Waals surface area contributed by atoms with Crippen LogP contribution in [0.3, 0.4) is 0 Å². The van der Waals surface area contributed by atoms with Crippen molar-refractivity contribution in [3.8, 4) is 22.9 Å². The summed E-state index contributed by atoms with van der Waals surface area (Å²) < 4.78 is 16.2. The Bertz CT molecular complexity index is 941. The first-order valence-electron chi connectivity index (χ1n) is 12.3. The smallest absolute Gasteiger partial charge is 0.241 e. The fourth-order valence-electron chi connectivity index (χ4n) is 4.78. The Morgan fingerprint density at radius 1 is 1.12 bits per heavy atom. The van der Waals surface area contributed by atoms with Crippen LogP contribution in [-0.4, -0.2) is 79.3 Å². The number of carbonyl (C=O) groups is 1. The molecule has 1 N–H and O–H groups in total. The molecular weight excluding hydrogens is 434 g/mol. The molecular formula is C25H37N5O4. The number of piperidine rings is 2. The highest BCUT2D eigenvalue weighted by molar-refractivity contribution is 5.78. The Kier molecular flexibility index (Phi) is 8.39. The summed E-state index contributed by atoms with van der Waals surface area (Å²) in [6.07, 6.45) is 4.42. The predicted molar refractivity (Wildman–Crippen MR) is 129 cm³/mol. The van der Waals surface area contributed by atoms with Crippen molar-refractivity contribution in [2.45, 2.75) is 39.2 Å². The summed E-state index contributed by atoms with van der Waals surface area (Å²) in [5.41, 5.74) is 0.798.